The Morgan fingerprint density at radius 1 is 1.24 bits per heavy atom. The van der Waals surface area contributed by atoms with E-state index in [-0.39, 0.29) is 17.0 Å². The highest BCUT2D eigenvalue weighted by Crippen LogP contribution is 2.56. The van der Waals surface area contributed by atoms with E-state index in [4.69, 9.17) is 0 Å². The first kappa shape index (κ1) is 22.9. The highest BCUT2D eigenvalue weighted by molar-refractivity contribution is 7.90. The summed E-state index contributed by atoms with van der Waals surface area (Å²) < 4.78 is 25.5. The Bertz CT molecular complexity index is 1390. The van der Waals surface area contributed by atoms with Crippen LogP contribution in [0.15, 0.2) is 59.6 Å². The van der Waals surface area contributed by atoms with Crippen LogP contribution < -0.4 is 0 Å². The number of carboxylic acid groups (broad SMARTS) is 1. The summed E-state index contributed by atoms with van der Waals surface area (Å²) in [4.78, 5) is 17.4. The van der Waals surface area contributed by atoms with Crippen molar-refractivity contribution >= 4 is 26.7 Å². The molecule has 2 N–H and O–H groups in total. The summed E-state index contributed by atoms with van der Waals surface area (Å²) in [6.45, 7) is 7.44. The Labute approximate surface area is 200 Å². The molecule has 2 aromatic carbocycles. The third-order valence-corrected chi connectivity index (χ3v) is 8.82. The minimum atomic E-state index is -3.41. The number of likely N-dealkylation sites (tertiary alicyclic amines) is 1. The number of sulfone groups is 1. The topological polar surface area (TPSA) is 90.5 Å². The number of carbonyl (C=O) groups is 1. The standard InChI is InChI=1S/C27H30N2O4S/c1-17-13-27(14-17)9-11-29(23(15-27)19-4-6-20(7-5-19)26(30)31)16-22-21-8-10-28-25(21)18(2)12-24(22)34(3,32)33/h4-8,10,12,23,28H,1,9,11,13-16H2,2-3H3,(H,30,31)/t23-/m0/s1. The maximum Gasteiger partial charge on any atom is 0.335 e. The van der Waals surface area contributed by atoms with Crippen LogP contribution in [0.25, 0.3) is 10.9 Å². The molecule has 1 aliphatic carbocycles. The zero-order valence-electron chi connectivity index (χ0n) is 19.6. The number of nitrogens with one attached hydrogen (secondary N) is 1. The van der Waals surface area contributed by atoms with Gasteiger partial charge in [-0.3, -0.25) is 4.90 Å². The van der Waals surface area contributed by atoms with Gasteiger partial charge in [-0.05, 0) is 85.5 Å². The van der Waals surface area contributed by atoms with E-state index in [2.05, 4.69) is 16.5 Å². The lowest BCUT2D eigenvalue weighted by Gasteiger charge is -2.53. The maximum atomic E-state index is 12.8. The number of piperidine rings is 1. The van der Waals surface area contributed by atoms with Gasteiger partial charge in [-0.2, -0.15) is 0 Å². The van der Waals surface area contributed by atoms with Crippen LogP contribution in [0.5, 0.6) is 0 Å². The van der Waals surface area contributed by atoms with E-state index in [0.29, 0.717) is 11.4 Å². The number of aryl methyl sites for hydroxylation is 1. The number of aromatic carboxylic acids is 1. The molecule has 2 heterocycles. The van der Waals surface area contributed by atoms with Gasteiger partial charge in [0.05, 0.1) is 10.5 Å². The minimum absolute atomic E-state index is 0.0763. The second kappa shape index (κ2) is 8.10. The summed E-state index contributed by atoms with van der Waals surface area (Å²) in [5.74, 6) is -0.939. The number of hydrogen-bond donors (Lipinski definition) is 2. The van der Waals surface area contributed by atoms with Crippen molar-refractivity contribution in [3.8, 4) is 0 Å². The molecule has 7 heteroatoms. The van der Waals surface area contributed by atoms with Crippen LogP contribution in [0.3, 0.4) is 0 Å². The molecular weight excluding hydrogens is 448 g/mol. The molecule has 0 amide bonds. The minimum Gasteiger partial charge on any atom is -0.478 e. The fraction of sp³-hybridized carbons (Fsp3) is 0.370. The summed E-state index contributed by atoms with van der Waals surface area (Å²) in [6, 6.07) is 11.0. The van der Waals surface area contributed by atoms with E-state index >= 15 is 0 Å². The molecule has 2 fully saturated rings. The number of aromatic nitrogens is 1. The number of benzene rings is 2. The first-order chi connectivity index (χ1) is 16.1. The zero-order chi connectivity index (χ0) is 24.3. The van der Waals surface area contributed by atoms with Crippen molar-refractivity contribution in [2.45, 2.75) is 50.1 Å². The number of fused-ring (bicyclic) bond motifs is 1. The van der Waals surface area contributed by atoms with Crippen molar-refractivity contribution in [1.29, 1.82) is 0 Å². The highest BCUT2D eigenvalue weighted by atomic mass is 32.2. The van der Waals surface area contributed by atoms with Crippen LogP contribution in [0.1, 0.15) is 58.8 Å². The van der Waals surface area contributed by atoms with Crippen molar-refractivity contribution in [1.82, 2.24) is 9.88 Å². The van der Waals surface area contributed by atoms with Gasteiger partial charge in [0, 0.05) is 35.9 Å². The highest BCUT2D eigenvalue weighted by Gasteiger charge is 2.46. The van der Waals surface area contributed by atoms with E-state index < -0.39 is 15.8 Å². The Morgan fingerprint density at radius 3 is 2.56 bits per heavy atom. The van der Waals surface area contributed by atoms with Crippen LogP contribution in [-0.4, -0.2) is 42.2 Å². The summed E-state index contributed by atoms with van der Waals surface area (Å²) in [7, 11) is -3.41. The van der Waals surface area contributed by atoms with E-state index in [1.165, 1.54) is 11.8 Å². The van der Waals surface area contributed by atoms with E-state index in [9.17, 15) is 18.3 Å². The Hall–Kier alpha value is -2.90. The number of rotatable bonds is 5. The molecule has 178 valence electrons. The summed E-state index contributed by atoms with van der Waals surface area (Å²) in [5, 5.41) is 10.3. The molecule has 2 aliphatic rings. The number of allylic oxidation sites excluding steroid dienone is 1. The SMILES string of the molecule is C=C1CC2(CCN(Cc3c(S(C)(=O)=O)cc(C)c4[nH]ccc34)[C@H](c3ccc(C(=O)O)cc3)C2)C1. The van der Waals surface area contributed by atoms with Crippen LogP contribution in [0.4, 0.5) is 0 Å². The van der Waals surface area contributed by atoms with E-state index in [1.807, 2.05) is 31.3 Å². The molecule has 6 nitrogen and oxygen atoms in total. The smallest absolute Gasteiger partial charge is 0.335 e. The van der Waals surface area contributed by atoms with Gasteiger partial charge in [0.1, 0.15) is 0 Å². The van der Waals surface area contributed by atoms with Crippen LogP contribution >= 0.6 is 0 Å². The first-order valence-corrected chi connectivity index (χ1v) is 13.5. The van der Waals surface area contributed by atoms with Crippen LogP contribution in [-0.2, 0) is 16.4 Å². The molecule has 1 atom stereocenters. The van der Waals surface area contributed by atoms with Gasteiger partial charge in [0.15, 0.2) is 9.84 Å². The van der Waals surface area contributed by atoms with Gasteiger partial charge in [-0.15, -0.1) is 0 Å². The van der Waals surface area contributed by atoms with Crippen LogP contribution in [0, 0.1) is 12.3 Å². The lowest BCUT2D eigenvalue weighted by molar-refractivity contribution is 0.0173. The van der Waals surface area contributed by atoms with Gasteiger partial charge in [-0.1, -0.05) is 24.3 Å². The van der Waals surface area contributed by atoms with Gasteiger partial charge in [-0.25, -0.2) is 13.2 Å². The number of carboxylic acids is 1. The summed E-state index contributed by atoms with van der Waals surface area (Å²) in [5.41, 5.74) is 5.57. The molecular formula is C27H30N2O4S. The normalized spacial score (nSPS) is 20.5. The summed E-state index contributed by atoms with van der Waals surface area (Å²) >= 11 is 0. The predicted molar refractivity (Wildman–Crippen MR) is 133 cm³/mol. The number of H-pyrrole nitrogens is 1. The fourth-order valence-electron chi connectivity index (χ4n) is 6.01. The molecule has 0 radical (unpaired) electrons. The number of hydrogen-bond acceptors (Lipinski definition) is 4. The summed E-state index contributed by atoms with van der Waals surface area (Å²) in [6.07, 6.45) is 7.20. The molecule has 1 saturated carbocycles. The molecule has 1 saturated heterocycles. The first-order valence-electron chi connectivity index (χ1n) is 11.6. The van der Waals surface area contributed by atoms with E-state index in [1.54, 1.807) is 18.2 Å². The van der Waals surface area contributed by atoms with Gasteiger partial charge in [0.25, 0.3) is 0 Å². The average molecular weight is 479 g/mol. The maximum absolute atomic E-state index is 12.8. The fourth-order valence-corrected chi connectivity index (χ4v) is 7.02. The molecule has 34 heavy (non-hydrogen) atoms. The van der Waals surface area contributed by atoms with Crippen molar-refractivity contribution in [3.63, 3.8) is 0 Å². The molecule has 1 aliphatic heterocycles. The largest absolute Gasteiger partial charge is 0.478 e. The van der Waals surface area contributed by atoms with Crippen molar-refractivity contribution in [2.75, 3.05) is 12.8 Å². The molecule has 1 spiro atoms. The third-order valence-electron chi connectivity index (χ3n) is 7.66. The van der Waals surface area contributed by atoms with E-state index in [0.717, 1.165) is 59.8 Å². The van der Waals surface area contributed by atoms with Crippen molar-refractivity contribution in [3.05, 3.63) is 77.0 Å². The van der Waals surface area contributed by atoms with Gasteiger partial charge in [0.2, 0.25) is 0 Å². The molecule has 3 aromatic rings. The lowest BCUT2D eigenvalue weighted by Crippen LogP contribution is -2.45. The number of aromatic amines is 1. The second-order valence-corrected chi connectivity index (χ2v) is 12.2. The lowest BCUT2D eigenvalue weighted by atomic mass is 9.59. The quantitative estimate of drug-likeness (QED) is 0.489. The number of nitrogens with zero attached hydrogens (tertiary/aromatic N) is 1. The van der Waals surface area contributed by atoms with Gasteiger partial charge < -0.3 is 10.1 Å². The molecule has 5 rings (SSSR count). The second-order valence-electron chi connectivity index (χ2n) is 10.2. The average Bonchev–Trinajstić information content (AvgIpc) is 3.26. The van der Waals surface area contributed by atoms with Crippen molar-refractivity contribution < 1.29 is 18.3 Å². The predicted octanol–water partition coefficient (Wildman–Crippen LogP) is 5.25. The Kier molecular flexibility index (Phi) is 5.45. The molecule has 0 unspecified atom stereocenters. The monoisotopic (exact) mass is 478 g/mol. The Balaban J connectivity index is 1.56. The molecule has 1 aromatic heterocycles. The van der Waals surface area contributed by atoms with Gasteiger partial charge >= 0.3 is 5.97 Å². The zero-order valence-corrected chi connectivity index (χ0v) is 20.4. The van der Waals surface area contributed by atoms with Crippen molar-refractivity contribution in [2.24, 2.45) is 5.41 Å². The van der Waals surface area contributed by atoms with Crippen LogP contribution in [0.2, 0.25) is 0 Å². The molecule has 0 bridgehead atoms. The Morgan fingerprint density at radius 2 is 1.94 bits per heavy atom. The third kappa shape index (κ3) is 3.97.